The third-order valence-corrected chi connectivity index (χ3v) is 3.77. The SMILES string of the molecule is Cc1ccc(CNC(=O)c2ccc(N)cc2Cl)s1. The molecule has 3 nitrogen and oxygen atoms in total. The number of nitrogens with two attached hydrogens (primary N) is 1. The second kappa shape index (κ2) is 5.42. The Balaban J connectivity index is 2.03. The molecule has 18 heavy (non-hydrogen) atoms. The van der Waals surface area contributed by atoms with E-state index < -0.39 is 0 Å². The van der Waals surface area contributed by atoms with Gasteiger partial charge in [0.05, 0.1) is 17.1 Å². The van der Waals surface area contributed by atoms with Crippen molar-refractivity contribution in [3.05, 3.63) is 50.7 Å². The van der Waals surface area contributed by atoms with E-state index in [0.717, 1.165) is 4.88 Å². The number of halogens is 1. The summed E-state index contributed by atoms with van der Waals surface area (Å²) in [6.45, 7) is 2.55. The van der Waals surface area contributed by atoms with Gasteiger partial charge in [0, 0.05) is 15.4 Å². The highest BCUT2D eigenvalue weighted by Gasteiger charge is 2.10. The van der Waals surface area contributed by atoms with Gasteiger partial charge in [0.15, 0.2) is 0 Å². The molecule has 0 saturated heterocycles. The first-order valence-electron chi connectivity index (χ1n) is 5.45. The second-order valence-corrected chi connectivity index (χ2v) is 5.71. The molecule has 2 aromatic rings. The predicted octanol–water partition coefficient (Wildman–Crippen LogP) is 3.22. The van der Waals surface area contributed by atoms with Crippen LogP contribution in [0.4, 0.5) is 5.69 Å². The Labute approximate surface area is 115 Å². The number of hydrogen-bond donors (Lipinski definition) is 2. The smallest absolute Gasteiger partial charge is 0.253 e. The Kier molecular flexibility index (Phi) is 3.89. The van der Waals surface area contributed by atoms with Gasteiger partial charge in [-0.25, -0.2) is 0 Å². The molecule has 0 bridgehead atoms. The molecule has 0 aliphatic carbocycles. The summed E-state index contributed by atoms with van der Waals surface area (Å²) in [6.07, 6.45) is 0. The minimum absolute atomic E-state index is 0.189. The molecule has 0 spiro atoms. The second-order valence-electron chi connectivity index (χ2n) is 3.93. The first-order valence-corrected chi connectivity index (χ1v) is 6.64. The molecule has 2 rings (SSSR count). The third kappa shape index (κ3) is 3.03. The van der Waals surface area contributed by atoms with Crippen molar-refractivity contribution >= 4 is 34.5 Å². The number of rotatable bonds is 3. The number of carbonyl (C=O) groups excluding carboxylic acids is 1. The van der Waals surface area contributed by atoms with Gasteiger partial charge in [-0.1, -0.05) is 11.6 Å². The molecular formula is C13H13ClN2OS. The summed E-state index contributed by atoms with van der Waals surface area (Å²) in [5, 5.41) is 3.21. The number of hydrogen-bond acceptors (Lipinski definition) is 3. The van der Waals surface area contributed by atoms with E-state index in [-0.39, 0.29) is 5.91 Å². The topological polar surface area (TPSA) is 55.1 Å². The molecule has 1 heterocycles. The zero-order chi connectivity index (χ0) is 13.1. The molecule has 0 saturated carbocycles. The molecule has 0 radical (unpaired) electrons. The van der Waals surface area contributed by atoms with Gasteiger partial charge in [0.1, 0.15) is 0 Å². The van der Waals surface area contributed by atoms with E-state index in [4.69, 9.17) is 17.3 Å². The number of nitrogen functional groups attached to an aromatic ring is 1. The number of thiophene rings is 1. The van der Waals surface area contributed by atoms with Gasteiger partial charge in [-0.2, -0.15) is 0 Å². The Bertz CT molecular complexity index is 580. The fourth-order valence-corrected chi connectivity index (χ4v) is 2.66. The molecule has 0 atom stereocenters. The standard InChI is InChI=1S/C13H13ClN2OS/c1-8-2-4-10(18-8)7-16-13(17)11-5-3-9(15)6-12(11)14/h2-6H,7,15H2,1H3,(H,16,17). The van der Waals surface area contributed by atoms with Gasteiger partial charge in [-0.15, -0.1) is 11.3 Å². The fraction of sp³-hybridized carbons (Fsp3) is 0.154. The highest BCUT2D eigenvalue weighted by molar-refractivity contribution is 7.11. The van der Waals surface area contributed by atoms with Crippen LogP contribution in [0, 0.1) is 6.92 Å². The van der Waals surface area contributed by atoms with Gasteiger partial charge in [-0.05, 0) is 37.3 Å². The monoisotopic (exact) mass is 280 g/mol. The molecule has 0 unspecified atom stereocenters. The number of amides is 1. The van der Waals surface area contributed by atoms with Crippen molar-refractivity contribution in [1.82, 2.24) is 5.32 Å². The van der Waals surface area contributed by atoms with Crippen LogP contribution in [0.3, 0.4) is 0 Å². The predicted molar refractivity (Wildman–Crippen MR) is 76.1 cm³/mol. The summed E-state index contributed by atoms with van der Waals surface area (Å²) in [7, 11) is 0. The lowest BCUT2D eigenvalue weighted by atomic mass is 10.2. The van der Waals surface area contributed by atoms with E-state index >= 15 is 0 Å². The van der Waals surface area contributed by atoms with Gasteiger partial charge in [0.25, 0.3) is 5.91 Å². The van der Waals surface area contributed by atoms with Crippen LogP contribution < -0.4 is 11.1 Å². The Morgan fingerprint density at radius 1 is 1.39 bits per heavy atom. The van der Waals surface area contributed by atoms with Crippen molar-refractivity contribution in [2.24, 2.45) is 0 Å². The molecule has 0 aliphatic heterocycles. The number of anilines is 1. The van der Waals surface area contributed by atoms with Crippen molar-refractivity contribution in [3.63, 3.8) is 0 Å². The highest BCUT2D eigenvalue weighted by atomic mass is 35.5. The number of carbonyl (C=O) groups is 1. The van der Waals surface area contributed by atoms with E-state index in [1.54, 1.807) is 29.5 Å². The van der Waals surface area contributed by atoms with Crippen molar-refractivity contribution < 1.29 is 4.79 Å². The first kappa shape index (κ1) is 12.9. The molecule has 3 N–H and O–H groups in total. The summed E-state index contributed by atoms with van der Waals surface area (Å²) in [4.78, 5) is 14.3. The summed E-state index contributed by atoms with van der Waals surface area (Å²) in [5.41, 5.74) is 6.57. The summed E-state index contributed by atoms with van der Waals surface area (Å²) < 4.78 is 0. The van der Waals surface area contributed by atoms with E-state index in [1.165, 1.54) is 4.88 Å². The van der Waals surface area contributed by atoms with Gasteiger partial charge in [0.2, 0.25) is 0 Å². The lowest BCUT2D eigenvalue weighted by Crippen LogP contribution is -2.22. The largest absolute Gasteiger partial charge is 0.399 e. The van der Waals surface area contributed by atoms with Crippen LogP contribution >= 0.6 is 22.9 Å². The molecule has 1 aromatic carbocycles. The van der Waals surface area contributed by atoms with Gasteiger partial charge in [-0.3, -0.25) is 4.79 Å². The van der Waals surface area contributed by atoms with Crippen LogP contribution in [-0.4, -0.2) is 5.91 Å². The van der Waals surface area contributed by atoms with Gasteiger partial charge < -0.3 is 11.1 Å². The fourth-order valence-electron chi connectivity index (χ4n) is 1.56. The maximum Gasteiger partial charge on any atom is 0.253 e. The van der Waals surface area contributed by atoms with E-state index in [9.17, 15) is 4.79 Å². The minimum atomic E-state index is -0.189. The maximum atomic E-state index is 11.9. The van der Waals surface area contributed by atoms with E-state index in [1.807, 2.05) is 19.1 Å². The highest BCUT2D eigenvalue weighted by Crippen LogP contribution is 2.19. The van der Waals surface area contributed by atoms with Crippen LogP contribution in [0.15, 0.2) is 30.3 Å². The van der Waals surface area contributed by atoms with Crippen molar-refractivity contribution in [1.29, 1.82) is 0 Å². The molecule has 1 aromatic heterocycles. The van der Waals surface area contributed by atoms with Crippen LogP contribution in [0.25, 0.3) is 0 Å². The average Bonchev–Trinajstić information content (AvgIpc) is 2.72. The van der Waals surface area contributed by atoms with Crippen LogP contribution in [0.2, 0.25) is 5.02 Å². The molecular weight excluding hydrogens is 268 g/mol. The number of aryl methyl sites for hydroxylation is 1. The Morgan fingerprint density at radius 2 is 2.17 bits per heavy atom. The molecule has 0 aliphatic rings. The zero-order valence-corrected chi connectivity index (χ0v) is 11.4. The lowest BCUT2D eigenvalue weighted by Gasteiger charge is -2.06. The summed E-state index contributed by atoms with van der Waals surface area (Å²) >= 11 is 7.64. The average molecular weight is 281 g/mol. The molecule has 94 valence electrons. The molecule has 5 heteroatoms. The number of nitrogens with one attached hydrogen (secondary N) is 1. The first-order chi connectivity index (χ1) is 8.56. The molecule has 1 amide bonds. The minimum Gasteiger partial charge on any atom is -0.399 e. The maximum absolute atomic E-state index is 11.9. The van der Waals surface area contributed by atoms with Crippen molar-refractivity contribution in [2.45, 2.75) is 13.5 Å². The zero-order valence-electron chi connectivity index (χ0n) is 9.87. The summed E-state index contributed by atoms with van der Waals surface area (Å²) in [5.74, 6) is -0.189. The van der Waals surface area contributed by atoms with Crippen LogP contribution in [0.1, 0.15) is 20.1 Å². The third-order valence-electron chi connectivity index (χ3n) is 2.46. The number of benzene rings is 1. The van der Waals surface area contributed by atoms with Crippen molar-refractivity contribution in [3.8, 4) is 0 Å². The quantitative estimate of drug-likeness (QED) is 0.848. The van der Waals surface area contributed by atoms with E-state index in [2.05, 4.69) is 5.32 Å². The summed E-state index contributed by atoms with van der Waals surface area (Å²) in [6, 6.07) is 8.90. The van der Waals surface area contributed by atoms with Gasteiger partial charge >= 0.3 is 0 Å². The molecule has 0 fully saturated rings. The Hall–Kier alpha value is -1.52. The van der Waals surface area contributed by atoms with Crippen LogP contribution in [-0.2, 0) is 6.54 Å². The van der Waals surface area contributed by atoms with E-state index in [0.29, 0.717) is 22.8 Å². The Morgan fingerprint density at radius 3 is 2.78 bits per heavy atom. The van der Waals surface area contributed by atoms with Crippen molar-refractivity contribution in [2.75, 3.05) is 5.73 Å². The van der Waals surface area contributed by atoms with Crippen LogP contribution in [0.5, 0.6) is 0 Å². The lowest BCUT2D eigenvalue weighted by molar-refractivity contribution is 0.0951. The normalized spacial score (nSPS) is 10.3.